The number of halogens is 1. The fourth-order valence-electron chi connectivity index (χ4n) is 2.49. The van der Waals surface area contributed by atoms with Crippen LogP contribution in [-0.4, -0.2) is 25.8 Å². The molecule has 0 unspecified atom stereocenters. The lowest BCUT2D eigenvalue weighted by Crippen LogP contribution is -1.99. The molecule has 0 spiro atoms. The first kappa shape index (κ1) is 12.9. The minimum Gasteiger partial charge on any atom is -0.476 e. The van der Waals surface area contributed by atoms with Crippen molar-refractivity contribution in [3.63, 3.8) is 0 Å². The minimum atomic E-state index is -1.05. The number of hydrogen-bond donors (Lipinski definition) is 2. The van der Waals surface area contributed by atoms with Gasteiger partial charge < -0.3 is 10.1 Å². The van der Waals surface area contributed by atoms with Crippen LogP contribution in [0.25, 0.3) is 22.2 Å². The Hall–Kier alpha value is -2.08. The van der Waals surface area contributed by atoms with Crippen molar-refractivity contribution < 1.29 is 9.90 Å². The van der Waals surface area contributed by atoms with Crippen molar-refractivity contribution in [3.8, 4) is 11.3 Å². The van der Waals surface area contributed by atoms with E-state index >= 15 is 0 Å². The van der Waals surface area contributed by atoms with Crippen LogP contribution in [0.1, 0.15) is 16.2 Å². The van der Waals surface area contributed by atoms with Gasteiger partial charge in [-0.15, -0.1) is 0 Å². The van der Waals surface area contributed by atoms with Crippen molar-refractivity contribution in [3.05, 3.63) is 40.1 Å². The number of rotatable bonds is 2. The largest absolute Gasteiger partial charge is 0.476 e. The Bertz CT molecular complexity index is 832. The topological polar surface area (TPSA) is 70.9 Å². The number of aromatic nitrogens is 3. The average Bonchev–Trinajstić information content (AvgIpc) is 2.86. The summed E-state index contributed by atoms with van der Waals surface area (Å²) in [5, 5.41) is 14.3. The molecule has 6 heteroatoms. The molecule has 102 valence electrons. The third-order valence-corrected chi connectivity index (χ3v) is 4.07. The zero-order valence-corrected chi connectivity index (χ0v) is 12.5. The molecule has 0 radical (unpaired) electrons. The maximum Gasteiger partial charge on any atom is 0.357 e. The number of fused-ring (bicyclic) bond motifs is 1. The third-order valence-electron chi connectivity index (χ3n) is 3.32. The zero-order chi connectivity index (χ0) is 14.4. The summed E-state index contributed by atoms with van der Waals surface area (Å²) < 4.78 is 2.09. The molecule has 1 aromatic carbocycles. The fraction of sp³-hybridized carbons (Fsp3) is 0.143. The number of para-hydroxylation sites is 1. The van der Waals surface area contributed by atoms with E-state index in [4.69, 9.17) is 5.11 Å². The van der Waals surface area contributed by atoms with E-state index in [1.165, 1.54) is 0 Å². The Morgan fingerprint density at radius 3 is 2.75 bits per heavy atom. The van der Waals surface area contributed by atoms with Crippen molar-refractivity contribution in [2.75, 3.05) is 0 Å². The van der Waals surface area contributed by atoms with E-state index < -0.39 is 5.97 Å². The maximum absolute atomic E-state index is 11.2. The minimum absolute atomic E-state index is 0.0205. The first-order chi connectivity index (χ1) is 9.50. The lowest BCUT2D eigenvalue weighted by atomic mass is 10.1. The second kappa shape index (κ2) is 4.49. The molecular weight excluding hydrogens is 322 g/mol. The van der Waals surface area contributed by atoms with E-state index in [0.29, 0.717) is 4.47 Å². The van der Waals surface area contributed by atoms with Crippen LogP contribution in [0.4, 0.5) is 0 Å². The van der Waals surface area contributed by atoms with E-state index in [-0.39, 0.29) is 5.69 Å². The third kappa shape index (κ3) is 1.76. The van der Waals surface area contributed by atoms with Crippen molar-refractivity contribution >= 4 is 32.8 Å². The molecule has 2 N–H and O–H groups in total. The zero-order valence-electron chi connectivity index (χ0n) is 10.9. The second-order valence-electron chi connectivity index (χ2n) is 4.61. The molecule has 3 rings (SSSR count). The summed E-state index contributed by atoms with van der Waals surface area (Å²) in [6, 6.07) is 7.92. The summed E-state index contributed by atoms with van der Waals surface area (Å²) in [7, 11) is 1.74. The Kier molecular flexibility index (Phi) is 2.90. The van der Waals surface area contributed by atoms with Gasteiger partial charge in [-0.3, -0.25) is 4.68 Å². The van der Waals surface area contributed by atoms with Gasteiger partial charge in [0, 0.05) is 29.2 Å². The van der Waals surface area contributed by atoms with Gasteiger partial charge in [0.2, 0.25) is 0 Å². The quantitative estimate of drug-likeness (QED) is 0.755. The number of nitrogens with one attached hydrogen (secondary N) is 1. The highest BCUT2D eigenvalue weighted by Gasteiger charge is 2.23. The monoisotopic (exact) mass is 333 g/mol. The van der Waals surface area contributed by atoms with E-state index in [9.17, 15) is 4.79 Å². The first-order valence-corrected chi connectivity index (χ1v) is 6.83. The number of carbonyl (C=O) groups is 1. The van der Waals surface area contributed by atoms with Crippen LogP contribution in [0.5, 0.6) is 0 Å². The Balaban J connectivity index is 2.37. The van der Waals surface area contributed by atoms with Gasteiger partial charge in [0.15, 0.2) is 5.69 Å². The second-order valence-corrected chi connectivity index (χ2v) is 5.40. The Morgan fingerprint density at radius 1 is 1.40 bits per heavy atom. The predicted octanol–water partition coefficient (Wildman–Crippen LogP) is 3.34. The highest BCUT2D eigenvalue weighted by molar-refractivity contribution is 9.10. The average molecular weight is 334 g/mol. The lowest BCUT2D eigenvalue weighted by Gasteiger charge is -2.03. The van der Waals surface area contributed by atoms with Gasteiger partial charge in [-0.05, 0) is 28.9 Å². The molecule has 20 heavy (non-hydrogen) atoms. The summed E-state index contributed by atoms with van der Waals surface area (Å²) in [5.74, 6) is -1.05. The van der Waals surface area contributed by atoms with Gasteiger partial charge in [0.25, 0.3) is 0 Å². The molecule has 0 fully saturated rings. The molecule has 2 heterocycles. The molecule has 5 nitrogen and oxygen atoms in total. The van der Waals surface area contributed by atoms with Crippen molar-refractivity contribution in [2.45, 2.75) is 6.92 Å². The molecule has 0 amide bonds. The van der Waals surface area contributed by atoms with Crippen LogP contribution in [0.2, 0.25) is 0 Å². The van der Waals surface area contributed by atoms with Gasteiger partial charge in [0.05, 0.1) is 10.2 Å². The summed E-state index contributed by atoms with van der Waals surface area (Å²) in [4.78, 5) is 14.5. The predicted molar refractivity (Wildman–Crippen MR) is 79.9 cm³/mol. The number of aryl methyl sites for hydroxylation is 2. The normalized spacial score (nSPS) is 11.2. The van der Waals surface area contributed by atoms with E-state index in [0.717, 1.165) is 27.9 Å². The molecule has 0 saturated carbocycles. The van der Waals surface area contributed by atoms with Crippen molar-refractivity contribution in [1.29, 1.82) is 0 Å². The van der Waals surface area contributed by atoms with Gasteiger partial charge in [-0.1, -0.05) is 18.2 Å². The van der Waals surface area contributed by atoms with Gasteiger partial charge in [0.1, 0.15) is 0 Å². The molecule has 3 aromatic rings. The van der Waals surface area contributed by atoms with Gasteiger partial charge in [-0.2, -0.15) is 5.10 Å². The summed E-state index contributed by atoms with van der Waals surface area (Å²) in [6.45, 7) is 1.97. The maximum atomic E-state index is 11.2. The Morgan fingerprint density at radius 2 is 2.10 bits per heavy atom. The van der Waals surface area contributed by atoms with Gasteiger partial charge in [-0.25, -0.2) is 4.79 Å². The number of aromatic amines is 1. The first-order valence-electron chi connectivity index (χ1n) is 6.04. The van der Waals surface area contributed by atoms with Crippen LogP contribution < -0.4 is 0 Å². The number of carboxylic acids is 1. The molecule has 2 aromatic heterocycles. The van der Waals surface area contributed by atoms with Crippen molar-refractivity contribution in [1.82, 2.24) is 14.8 Å². The fourth-order valence-corrected chi connectivity index (χ4v) is 3.19. The number of benzene rings is 1. The Labute approximate surface area is 123 Å². The smallest absolute Gasteiger partial charge is 0.357 e. The standard InChI is InChI=1S/C14H12BrN3O2/c1-7-10(8-5-3-4-6-9(8)16-7)13-11(15)12(14(19)20)17-18(13)2/h3-6,16H,1-2H3,(H,19,20). The summed E-state index contributed by atoms with van der Waals surface area (Å²) in [5.41, 5.74) is 3.75. The highest BCUT2D eigenvalue weighted by atomic mass is 79.9. The highest BCUT2D eigenvalue weighted by Crippen LogP contribution is 2.37. The van der Waals surface area contributed by atoms with Crippen LogP contribution >= 0.6 is 15.9 Å². The molecule has 0 aliphatic heterocycles. The number of H-pyrrole nitrogens is 1. The van der Waals surface area contributed by atoms with E-state index in [1.54, 1.807) is 11.7 Å². The van der Waals surface area contributed by atoms with E-state index in [2.05, 4.69) is 26.0 Å². The molecule has 0 bridgehead atoms. The van der Waals surface area contributed by atoms with Crippen LogP contribution in [0.15, 0.2) is 28.7 Å². The SMILES string of the molecule is Cc1[nH]c2ccccc2c1-c1c(Br)c(C(=O)O)nn1C. The van der Waals surface area contributed by atoms with E-state index in [1.807, 2.05) is 31.2 Å². The molecular formula is C14H12BrN3O2. The summed E-state index contributed by atoms with van der Waals surface area (Å²) in [6.07, 6.45) is 0. The number of hydrogen-bond acceptors (Lipinski definition) is 2. The molecule has 0 saturated heterocycles. The summed E-state index contributed by atoms with van der Waals surface area (Å²) >= 11 is 3.37. The molecule has 0 aliphatic rings. The lowest BCUT2D eigenvalue weighted by molar-refractivity contribution is 0.0688. The van der Waals surface area contributed by atoms with Crippen LogP contribution in [0, 0.1) is 6.92 Å². The molecule has 0 aliphatic carbocycles. The van der Waals surface area contributed by atoms with Gasteiger partial charge >= 0.3 is 5.97 Å². The van der Waals surface area contributed by atoms with Crippen LogP contribution in [0.3, 0.4) is 0 Å². The number of carboxylic acid groups (broad SMARTS) is 1. The molecule has 0 atom stereocenters. The van der Waals surface area contributed by atoms with Crippen molar-refractivity contribution in [2.24, 2.45) is 7.05 Å². The number of aromatic carboxylic acids is 1. The van der Waals surface area contributed by atoms with Crippen LogP contribution in [-0.2, 0) is 7.05 Å². The number of nitrogens with zero attached hydrogens (tertiary/aromatic N) is 2.